The summed E-state index contributed by atoms with van der Waals surface area (Å²) >= 11 is 5.99. The molecule has 0 N–H and O–H groups in total. The lowest BCUT2D eigenvalue weighted by molar-refractivity contribution is 0.204. The molecule has 0 unspecified atom stereocenters. The molecule has 0 aliphatic carbocycles. The van der Waals surface area contributed by atoms with Crippen molar-refractivity contribution in [3.8, 4) is 5.75 Å². The summed E-state index contributed by atoms with van der Waals surface area (Å²) in [5.74, 6) is 0.760. The quantitative estimate of drug-likeness (QED) is 0.342. The first-order valence-electron chi connectivity index (χ1n) is 12.1. The number of ether oxygens (including phenoxy) is 1. The van der Waals surface area contributed by atoms with Crippen LogP contribution in [0.15, 0.2) is 53.4 Å². The molecular weight excluding hydrogens is 456 g/mol. The third-order valence-electron chi connectivity index (χ3n) is 6.24. The summed E-state index contributed by atoms with van der Waals surface area (Å²) < 4.78 is 34.8. The van der Waals surface area contributed by atoms with Crippen LogP contribution in [0.2, 0.25) is 5.02 Å². The molecule has 1 fully saturated rings. The zero-order valence-corrected chi connectivity index (χ0v) is 21.5. The van der Waals surface area contributed by atoms with Gasteiger partial charge in [0.15, 0.2) is 0 Å². The van der Waals surface area contributed by atoms with E-state index in [9.17, 15) is 8.42 Å². The number of hydrogen-bond acceptors (Lipinski definition) is 4. The highest BCUT2D eigenvalue weighted by atomic mass is 35.5. The van der Waals surface area contributed by atoms with E-state index in [1.165, 1.54) is 32.4 Å². The third-order valence-corrected chi connectivity index (χ3v) is 8.47. The summed E-state index contributed by atoms with van der Waals surface area (Å²) in [5.41, 5.74) is 0.885. The number of rotatable bonds is 12. The van der Waals surface area contributed by atoms with Crippen LogP contribution in [0.5, 0.6) is 5.75 Å². The highest BCUT2D eigenvalue weighted by Crippen LogP contribution is 2.28. The van der Waals surface area contributed by atoms with Crippen LogP contribution in [0.1, 0.15) is 57.9 Å². The predicted octanol–water partition coefficient (Wildman–Crippen LogP) is 5.97. The minimum atomic E-state index is -3.68. The average Bonchev–Trinajstić information content (AvgIpc) is 2.82. The fraction of sp³-hybridized carbons (Fsp3) is 0.538. The second-order valence-corrected chi connectivity index (χ2v) is 11.2. The van der Waals surface area contributed by atoms with Crippen LogP contribution >= 0.6 is 11.6 Å². The molecule has 2 aromatic carbocycles. The molecule has 1 atom stereocenters. The first kappa shape index (κ1) is 26.0. The molecule has 1 saturated heterocycles. The molecule has 1 heterocycles. The van der Waals surface area contributed by atoms with Gasteiger partial charge in [0.05, 0.1) is 11.5 Å². The molecule has 0 aromatic heterocycles. The van der Waals surface area contributed by atoms with Gasteiger partial charge in [0.25, 0.3) is 0 Å². The van der Waals surface area contributed by atoms with Crippen molar-refractivity contribution in [2.75, 3.05) is 26.2 Å². The number of hydrogen-bond donors (Lipinski definition) is 0. The number of halogens is 1. The second-order valence-electron chi connectivity index (χ2n) is 8.85. The smallest absolute Gasteiger partial charge is 0.243 e. The highest BCUT2D eigenvalue weighted by molar-refractivity contribution is 7.89. The lowest BCUT2D eigenvalue weighted by atomic mass is 10.1. The van der Waals surface area contributed by atoms with Crippen LogP contribution in [0.25, 0.3) is 0 Å². The number of benzene rings is 2. The van der Waals surface area contributed by atoms with Crippen molar-refractivity contribution in [2.24, 2.45) is 0 Å². The SMILES string of the molecule is CCC[C@H](C)N(Cc1ccccc1OCCCN1CCCCC1)S(=O)(=O)c1ccc(Cl)cc1. The van der Waals surface area contributed by atoms with Gasteiger partial charge in [-0.2, -0.15) is 4.31 Å². The Morgan fingerprint density at radius 3 is 2.45 bits per heavy atom. The van der Waals surface area contributed by atoms with Gasteiger partial charge in [0.1, 0.15) is 5.75 Å². The van der Waals surface area contributed by atoms with Crippen LogP contribution in [0.3, 0.4) is 0 Å². The van der Waals surface area contributed by atoms with Gasteiger partial charge < -0.3 is 9.64 Å². The fourth-order valence-electron chi connectivity index (χ4n) is 4.38. The first-order chi connectivity index (χ1) is 15.9. The molecule has 182 valence electrons. The maximum Gasteiger partial charge on any atom is 0.243 e. The largest absolute Gasteiger partial charge is 0.493 e. The van der Waals surface area contributed by atoms with Gasteiger partial charge in [0, 0.05) is 29.7 Å². The molecule has 2 aromatic rings. The van der Waals surface area contributed by atoms with E-state index in [1.54, 1.807) is 28.6 Å². The Kier molecular flexibility index (Phi) is 10.0. The number of nitrogens with zero attached hydrogens (tertiary/aromatic N) is 2. The third kappa shape index (κ3) is 7.44. The summed E-state index contributed by atoms with van der Waals surface area (Å²) in [6.07, 6.45) is 6.57. The summed E-state index contributed by atoms with van der Waals surface area (Å²) in [5, 5.41) is 0.519. The van der Waals surface area contributed by atoms with Gasteiger partial charge in [-0.05, 0) is 76.0 Å². The molecule has 33 heavy (non-hydrogen) atoms. The van der Waals surface area contributed by atoms with E-state index in [-0.39, 0.29) is 17.5 Å². The Bertz CT molecular complexity index is 960. The fourth-order valence-corrected chi connectivity index (χ4v) is 6.14. The van der Waals surface area contributed by atoms with Crippen LogP contribution in [0.4, 0.5) is 0 Å². The van der Waals surface area contributed by atoms with E-state index >= 15 is 0 Å². The number of piperidine rings is 1. The molecule has 7 heteroatoms. The molecule has 1 aliphatic heterocycles. The highest BCUT2D eigenvalue weighted by Gasteiger charge is 2.29. The molecule has 0 spiro atoms. The normalized spacial score (nSPS) is 16.1. The van der Waals surface area contributed by atoms with Crippen molar-refractivity contribution in [3.05, 3.63) is 59.1 Å². The van der Waals surface area contributed by atoms with Gasteiger partial charge >= 0.3 is 0 Å². The molecule has 3 rings (SSSR count). The van der Waals surface area contributed by atoms with Gasteiger partial charge in [-0.1, -0.05) is 49.6 Å². The average molecular weight is 493 g/mol. The second kappa shape index (κ2) is 12.7. The van der Waals surface area contributed by atoms with Crippen LogP contribution in [0, 0.1) is 0 Å². The van der Waals surface area contributed by atoms with Crippen LogP contribution in [-0.2, 0) is 16.6 Å². The zero-order chi connectivity index (χ0) is 23.7. The van der Waals surface area contributed by atoms with Gasteiger partial charge in [-0.3, -0.25) is 0 Å². The standard InChI is InChI=1S/C26H37ClN2O3S/c1-3-10-22(2)29(33(30,31)25-15-13-24(27)14-16-25)21-23-11-5-6-12-26(23)32-20-9-19-28-17-7-4-8-18-28/h5-6,11-16,22H,3-4,7-10,17-21H2,1-2H3/t22-/m0/s1. The first-order valence-corrected chi connectivity index (χ1v) is 13.9. The topological polar surface area (TPSA) is 49.9 Å². The summed E-state index contributed by atoms with van der Waals surface area (Å²) in [4.78, 5) is 2.76. The minimum Gasteiger partial charge on any atom is -0.493 e. The molecule has 0 amide bonds. The Morgan fingerprint density at radius 1 is 1.06 bits per heavy atom. The summed E-state index contributed by atoms with van der Waals surface area (Å²) in [7, 11) is -3.68. The minimum absolute atomic E-state index is 0.136. The lowest BCUT2D eigenvalue weighted by Crippen LogP contribution is -2.38. The van der Waals surface area contributed by atoms with Gasteiger partial charge in [-0.15, -0.1) is 0 Å². The maximum atomic E-state index is 13.5. The van der Waals surface area contributed by atoms with Crippen molar-refractivity contribution >= 4 is 21.6 Å². The van der Waals surface area contributed by atoms with Crippen LogP contribution in [-0.4, -0.2) is 49.9 Å². The Morgan fingerprint density at radius 2 is 1.76 bits per heavy atom. The van der Waals surface area contributed by atoms with E-state index in [4.69, 9.17) is 16.3 Å². The van der Waals surface area contributed by atoms with E-state index in [0.29, 0.717) is 11.6 Å². The molecule has 0 radical (unpaired) electrons. The zero-order valence-electron chi connectivity index (χ0n) is 19.9. The van der Waals surface area contributed by atoms with Crippen molar-refractivity contribution in [1.82, 2.24) is 9.21 Å². The Balaban J connectivity index is 1.72. The number of para-hydroxylation sites is 1. The number of sulfonamides is 1. The van der Waals surface area contributed by atoms with E-state index in [2.05, 4.69) is 11.8 Å². The van der Waals surface area contributed by atoms with Crippen LogP contribution < -0.4 is 4.74 Å². The maximum absolute atomic E-state index is 13.5. The summed E-state index contributed by atoms with van der Waals surface area (Å²) in [6.45, 7) is 8.36. The van der Waals surface area contributed by atoms with Gasteiger partial charge in [0.2, 0.25) is 10.0 Å². The van der Waals surface area contributed by atoms with Crippen molar-refractivity contribution in [1.29, 1.82) is 0 Å². The molecular formula is C26H37ClN2O3S. The van der Waals surface area contributed by atoms with E-state index < -0.39 is 10.0 Å². The van der Waals surface area contributed by atoms with Crippen molar-refractivity contribution in [2.45, 2.75) is 69.9 Å². The Labute approximate surface area is 204 Å². The molecule has 0 bridgehead atoms. The summed E-state index contributed by atoms with van der Waals surface area (Å²) in [6, 6.07) is 14.0. The number of likely N-dealkylation sites (tertiary alicyclic amines) is 1. The van der Waals surface area contributed by atoms with E-state index in [0.717, 1.165) is 37.1 Å². The predicted molar refractivity (Wildman–Crippen MR) is 135 cm³/mol. The molecule has 0 saturated carbocycles. The Hall–Kier alpha value is -1.60. The lowest BCUT2D eigenvalue weighted by Gasteiger charge is -2.29. The van der Waals surface area contributed by atoms with Crippen molar-refractivity contribution in [3.63, 3.8) is 0 Å². The van der Waals surface area contributed by atoms with E-state index in [1.807, 2.05) is 31.2 Å². The monoisotopic (exact) mass is 492 g/mol. The van der Waals surface area contributed by atoms with Gasteiger partial charge in [-0.25, -0.2) is 8.42 Å². The molecule has 5 nitrogen and oxygen atoms in total. The van der Waals surface area contributed by atoms with Crippen molar-refractivity contribution < 1.29 is 13.2 Å². The molecule has 1 aliphatic rings.